The second-order valence-corrected chi connectivity index (χ2v) is 5.74. The average molecular weight is 290 g/mol. The smallest absolute Gasteiger partial charge is 0.124 e. The van der Waals surface area contributed by atoms with E-state index < -0.39 is 0 Å². The molecule has 0 N–H and O–H groups in total. The summed E-state index contributed by atoms with van der Waals surface area (Å²) in [7, 11) is 0. The van der Waals surface area contributed by atoms with E-state index in [9.17, 15) is 0 Å². The second-order valence-electron chi connectivity index (χ2n) is 5.74. The van der Waals surface area contributed by atoms with Gasteiger partial charge in [-0.25, -0.2) is 0 Å². The van der Waals surface area contributed by atoms with Gasteiger partial charge in [0.05, 0.1) is 6.61 Å². The van der Waals surface area contributed by atoms with Crippen molar-refractivity contribution in [2.24, 2.45) is 0 Å². The fourth-order valence-electron chi connectivity index (χ4n) is 3.07. The fourth-order valence-corrected chi connectivity index (χ4v) is 3.07. The number of rotatable bonds is 7. The lowest BCUT2D eigenvalue weighted by molar-refractivity contribution is 0.263. The molecule has 0 fully saturated rings. The molecule has 3 nitrogen and oxygen atoms in total. The van der Waals surface area contributed by atoms with Gasteiger partial charge in [0.25, 0.3) is 0 Å². The molecule has 0 bridgehead atoms. The molecule has 0 spiro atoms. The largest absolute Gasteiger partial charge is 0.494 e. The summed E-state index contributed by atoms with van der Waals surface area (Å²) in [6, 6.07) is 4.69. The topological polar surface area (TPSA) is 15.7 Å². The summed E-state index contributed by atoms with van der Waals surface area (Å²) >= 11 is 0. The van der Waals surface area contributed by atoms with Gasteiger partial charge in [-0.2, -0.15) is 0 Å². The molecule has 0 aliphatic carbocycles. The van der Waals surface area contributed by atoms with Gasteiger partial charge in [-0.3, -0.25) is 9.80 Å². The van der Waals surface area contributed by atoms with Gasteiger partial charge in [-0.15, -0.1) is 0 Å². The summed E-state index contributed by atoms with van der Waals surface area (Å²) < 4.78 is 5.92. The van der Waals surface area contributed by atoms with E-state index in [-0.39, 0.29) is 0 Å². The first-order chi connectivity index (χ1) is 10.2. The zero-order chi connectivity index (χ0) is 15.2. The Morgan fingerprint density at radius 3 is 2.48 bits per heavy atom. The molecular weight excluding hydrogens is 260 g/mol. The molecule has 0 aromatic heterocycles. The minimum absolute atomic E-state index is 0.738. The van der Waals surface area contributed by atoms with Crippen LogP contribution in [0.4, 0.5) is 0 Å². The second kappa shape index (κ2) is 7.81. The van der Waals surface area contributed by atoms with Crippen LogP contribution in [0.5, 0.6) is 5.75 Å². The third-order valence-corrected chi connectivity index (χ3v) is 4.51. The van der Waals surface area contributed by atoms with Crippen molar-refractivity contribution in [3.05, 3.63) is 28.8 Å². The Kier molecular flexibility index (Phi) is 6.07. The highest BCUT2D eigenvalue weighted by atomic mass is 16.5. The van der Waals surface area contributed by atoms with E-state index in [1.54, 1.807) is 0 Å². The fraction of sp³-hybridized carbons (Fsp3) is 0.667. The lowest BCUT2D eigenvalue weighted by Gasteiger charge is -2.29. The molecule has 0 radical (unpaired) electrons. The molecule has 0 saturated carbocycles. The molecule has 0 atom stereocenters. The van der Waals surface area contributed by atoms with E-state index in [0.717, 1.165) is 45.1 Å². The Balaban J connectivity index is 2.27. The molecule has 1 heterocycles. The highest BCUT2D eigenvalue weighted by molar-refractivity contribution is 5.44. The van der Waals surface area contributed by atoms with Crippen LogP contribution < -0.4 is 4.74 Å². The molecule has 21 heavy (non-hydrogen) atoms. The molecule has 1 aliphatic heterocycles. The molecular formula is C18H30N2O. The first-order valence-corrected chi connectivity index (χ1v) is 8.43. The first kappa shape index (κ1) is 16.3. The van der Waals surface area contributed by atoms with Crippen LogP contribution in [0, 0.1) is 0 Å². The van der Waals surface area contributed by atoms with Crippen LogP contribution in [-0.2, 0) is 19.5 Å². The van der Waals surface area contributed by atoms with Gasteiger partial charge in [0, 0.05) is 25.2 Å². The van der Waals surface area contributed by atoms with Crippen molar-refractivity contribution in [3.63, 3.8) is 0 Å². The van der Waals surface area contributed by atoms with Crippen LogP contribution in [0.25, 0.3) is 0 Å². The number of benzene rings is 1. The average Bonchev–Trinajstić information content (AvgIpc) is 2.52. The van der Waals surface area contributed by atoms with E-state index in [1.165, 1.54) is 29.7 Å². The molecule has 1 aromatic carbocycles. The third-order valence-electron chi connectivity index (χ3n) is 4.51. The van der Waals surface area contributed by atoms with Crippen LogP contribution in [-0.4, -0.2) is 42.6 Å². The summed E-state index contributed by atoms with van der Waals surface area (Å²) in [5.74, 6) is 1.08. The molecule has 1 aliphatic rings. The van der Waals surface area contributed by atoms with Gasteiger partial charge in [-0.1, -0.05) is 26.8 Å². The molecule has 3 heteroatoms. The van der Waals surface area contributed by atoms with Gasteiger partial charge in [0.1, 0.15) is 5.75 Å². The van der Waals surface area contributed by atoms with Gasteiger partial charge >= 0.3 is 0 Å². The zero-order valence-electron chi connectivity index (χ0n) is 14.1. The van der Waals surface area contributed by atoms with E-state index in [0.29, 0.717) is 0 Å². The van der Waals surface area contributed by atoms with Gasteiger partial charge in [-0.05, 0) is 50.2 Å². The maximum absolute atomic E-state index is 5.92. The number of hydrogen-bond donors (Lipinski definition) is 0. The van der Waals surface area contributed by atoms with Crippen molar-refractivity contribution in [2.45, 2.75) is 47.2 Å². The van der Waals surface area contributed by atoms with Crippen molar-refractivity contribution in [2.75, 3.05) is 32.8 Å². The molecule has 0 saturated heterocycles. The van der Waals surface area contributed by atoms with Crippen LogP contribution >= 0.6 is 0 Å². The van der Waals surface area contributed by atoms with E-state index >= 15 is 0 Å². The van der Waals surface area contributed by atoms with Crippen molar-refractivity contribution >= 4 is 0 Å². The standard InChI is InChI=1S/C18H30N2O/c1-5-19(6-2)14-17-11-15-9-10-20(7-3)13-16(15)12-18(17)21-8-4/h11-12H,5-10,13-14H2,1-4H3. The summed E-state index contributed by atoms with van der Waals surface area (Å²) in [6.45, 7) is 16.0. The molecule has 1 aromatic rings. The highest BCUT2D eigenvalue weighted by Gasteiger charge is 2.18. The van der Waals surface area contributed by atoms with Gasteiger partial charge < -0.3 is 4.74 Å². The van der Waals surface area contributed by atoms with Crippen molar-refractivity contribution < 1.29 is 4.74 Å². The van der Waals surface area contributed by atoms with E-state index in [1.807, 2.05) is 0 Å². The molecule has 2 rings (SSSR count). The SMILES string of the molecule is CCOc1cc2c(cc1CN(CC)CC)CCN(CC)C2. The predicted molar refractivity (Wildman–Crippen MR) is 88.9 cm³/mol. The molecule has 0 unspecified atom stereocenters. The number of fused-ring (bicyclic) bond motifs is 1. The Labute approximate surface area is 129 Å². The molecule has 118 valence electrons. The van der Waals surface area contributed by atoms with Crippen LogP contribution in [0.2, 0.25) is 0 Å². The maximum Gasteiger partial charge on any atom is 0.124 e. The van der Waals surface area contributed by atoms with Crippen molar-refractivity contribution in [1.29, 1.82) is 0 Å². The van der Waals surface area contributed by atoms with Crippen molar-refractivity contribution in [1.82, 2.24) is 9.80 Å². The molecule has 0 amide bonds. The Bertz CT molecular complexity index is 455. The Morgan fingerprint density at radius 2 is 1.86 bits per heavy atom. The third kappa shape index (κ3) is 3.98. The van der Waals surface area contributed by atoms with Crippen LogP contribution in [0.3, 0.4) is 0 Å². The number of ether oxygens (including phenoxy) is 1. The lowest BCUT2D eigenvalue weighted by atomic mass is 9.96. The summed E-state index contributed by atoms with van der Waals surface area (Å²) in [6.07, 6.45) is 1.17. The summed E-state index contributed by atoms with van der Waals surface area (Å²) in [5.41, 5.74) is 4.32. The van der Waals surface area contributed by atoms with Crippen LogP contribution in [0.1, 0.15) is 44.4 Å². The van der Waals surface area contributed by atoms with Gasteiger partial charge in [0.2, 0.25) is 0 Å². The minimum atomic E-state index is 0.738. The number of likely N-dealkylation sites (N-methyl/N-ethyl adjacent to an activating group) is 1. The summed E-state index contributed by atoms with van der Waals surface area (Å²) in [4.78, 5) is 4.95. The van der Waals surface area contributed by atoms with Crippen molar-refractivity contribution in [3.8, 4) is 5.75 Å². The quantitative estimate of drug-likeness (QED) is 0.766. The normalized spacial score (nSPS) is 15.3. The number of nitrogens with zero attached hydrogens (tertiary/aromatic N) is 2. The predicted octanol–water partition coefficient (Wildman–Crippen LogP) is 3.31. The van der Waals surface area contributed by atoms with E-state index in [4.69, 9.17) is 4.74 Å². The lowest BCUT2D eigenvalue weighted by Crippen LogP contribution is -2.30. The van der Waals surface area contributed by atoms with E-state index in [2.05, 4.69) is 49.6 Å². The maximum atomic E-state index is 5.92. The first-order valence-electron chi connectivity index (χ1n) is 8.43. The number of hydrogen-bond acceptors (Lipinski definition) is 3. The monoisotopic (exact) mass is 290 g/mol. The summed E-state index contributed by atoms with van der Waals surface area (Å²) in [5, 5.41) is 0. The van der Waals surface area contributed by atoms with Crippen LogP contribution in [0.15, 0.2) is 12.1 Å². The Morgan fingerprint density at radius 1 is 1.10 bits per heavy atom. The van der Waals surface area contributed by atoms with Gasteiger partial charge in [0.15, 0.2) is 0 Å². The zero-order valence-corrected chi connectivity index (χ0v) is 14.1. The Hall–Kier alpha value is -1.06. The highest BCUT2D eigenvalue weighted by Crippen LogP contribution is 2.29. The minimum Gasteiger partial charge on any atom is -0.494 e.